The van der Waals surface area contributed by atoms with E-state index in [0.29, 0.717) is 41.0 Å². The summed E-state index contributed by atoms with van der Waals surface area (Å²) in [5.41, 5.74) is 6.53. The minimum Gasteiger partial charge on any atom is -0.486 e. The van der Waals surface area contributed by atoms with Crippen molar-refractivity contribution in [1.29, 1.82) is 0 Å². The normalized spacial score (nSPS) is 13.3. The Hall–Kier alpha value is -2.33. The predicted molar refractivity (Wildman–Crippen MR) is 105 cm³/mol. The average Bonchev–Trinajstić information content (AvgIpc) is 3.17. The first-order valence-corrected chi connectivity index (χ1v) is 8.80. The molecule has 0 radical (unpaired) electrons. The summed E-state index contributed by atoms with van der Waals surface area (Å²) < 4.78 is 16.0. The third kappa shape index (κ3) is 5.10. The summed E-state index contributed by atoms with van der Waals surface area (Å²) in [6, 6.07) is 5.89. The second-order valence-electron chi connectivity index (χ2n) is 5.52. The zero-order chi connectivity index (χ0) is 18.5. The molecule has 1 aromatic carbocycles. The van der Waals surface area contributed by atoms with Gasteiger partial charge in [-0.2, -0.15) is 0 Å². The van der Waals surface area contributed by atoms with Crippen LogP contribution >= 0.6 is 23.7 Å². The Balaban J connectivity index is 0.00000261. The van der Waals surface area contributed by atoms with Crippen LogP contribution in [-0.4, -0.2) is 44.8 Å². The van der Waals surface area contributed by atoms with Crippen molar-refractivity contribution in [3.63, 3.8) is 0 Å². The highest BCUT2D eigenvalue weighted by atomic mass is 35.5. The van der Waals surface area contributed by atoms with E-state index in [1.54, 1.807) is 24.3 Å². The Bertz CT molecular complexity index is 800. The Labute approximate surface area is 166 Å². The number of amides is 2. The van der Waals surface area contributed by atoms with Gasteiger partial charge < -0.3 is 30.6 Å². The summed E-state index contributed by atoms with van der Waals surface area (Å²) in [5, 5.41) is 7.30. The molecule has 0 spiro atoms. The van der Waals surface area contributed by atoms with Gasteiger partial charge in [0.05, 0.1) is 22.9 Å². The van der Waals surface area contributed by atoms with Crippen LogP contribution < -0.4 is 25.8 Å². The molecule has 0 saturated carbocycles. The number of nitrogens with one attached hydrogen (secondary N) is 2. The van der Waals surface area contributed by atoms with Gasteiger partial charge in [-0.3, -0.25) is 9.59 Å². The van der Waals surface area contributed by atoms with Crippen LogP contribution in [0.5, 0.6) is 11.5 Å². The van der Waals surface area contributed by atoms with Crippen molar-refractivity contribution in [3.8, 4) is 11.5 Å². The molecule has 1 aliphatic heterocycles. The summed E-state index contributed by atoms with van der Waals surface area (Å²) >= 11 is 1.32. The smallest absolute Gasteiger partial charge is 0.265 e. The number of hydrogen-bond acceptors (Lipinski definition) is 7. The number of thiophene rings is 1. The maximum Gasteiger partial charge on any atom is 0.265 e. The number of nitrogens with two attached hydrogens (primary N) is 1. The van der Waals surface area contributed by atoms with E-state index in [4.69, 9.17) is 19.9 Å². The predicted octanol–water partition coefficient (Wildman–Crippen LogP) is 2.11. The van der Waals surface area contributed by atoms with Crippen LogP contribution in [0.3, 0.4) is 0 Å². The van der Waals surface area contributed by atoms with Gasteiger partial charge in [-0.15, -0.1) is 23.7 Å². The van der Waals surface area contributed by atoms with E-state index in [1.807, 2.05) is 5.38 Å². The van der Waals surface area contributed by atoms with Gasteiger partial charge >= 0.3 is 0 Å². The number of ether oxygens (including phenoxy) is 3. The average molecular weight is 414 g/mol. The molecule has 2 heterocycles. The number of hydrogen-bond donors (Lipinski definition) is 3. The lowest BCUT2D eigenvalue weighted by Gasteiger charge is -2.22. The minimum atomic E-state index is -0.839. The summed E-state index contributed by atoms with van der Waals surface area (Å²) in [7, 11) is 1.46. The third-order valence-electron chi connectivity index (χ3n) is 3.62. The largest absolute Gasteiger partial charge is 0.486 e. The maximum atomic E-state index is 12.4. The van der Waals surface area contributed by atoms with Crippen molar-refractivity contribution in [2.45, 2.75) is 6.04 Å². The molecule has 146 valence electrons. The maximum absolute atomic E-state index is 12.4. The lowest BCUT2D eigenvalue weighted by molar-refractivity contribution is -0.118. The zero-order valence-corrected chi connectivity index (χ0v) is 16.2. The third-order valence-corrected chi connectivity index (χ3v) is 4.49. The number of methoxy groups -OCH3 is 1. The molecule has 0 fully saturated rings. The highest BCUT2D eigenvalue weighted by molar-refractivity contribution is 7.12. The van der Waals surface area contributed by atoms with Crippen LogP contribution in [-0.2, 0) is 9.53 Å². The Morgan fingerprint density at radius 2 is 1.85 bits per heavy atom. The Morgan fingerprint density at radius 3 is 2.41 bits per heavy atom. The van der Waals surface area contributed by atoms with E-state index in [2.05, 4.69) is 10.6 Å². The molecular weight excluding hydrogens is 394 g/mol. The molecular formula is C17H20ClN3O5S. The molecule has 4 N–H and O–H groups in total. The fourth-order valence-electron chi connectivity index (χ4n) is 2.37. The second kappa shape index (κ2) is 9.56. The molecule has 0 bridgehead atoms. The highest BCUT2D eigenvalue weighted by Crippen LogP contribution is 2.38. The number of rotatable bonds is 6. The zero-order valence-electron chi connectivity index (χ0n) is 14.5. The van der Waals surface area contributed by atoms with E-state index in [0.717, 1.165) is 0 Å². The molecule has 2 aromatic rings. The summed E-state index contributed by atoms with van der Waals surface area (Å²) in [6.07, 6.45) is 0. The SMILES string of the molecule is COCC(N)C(=O)Nc1cc2c(cc1NC(=O)c1cccs1)OCCO2.Cl. The monoisotopic (exact) mass is 413 g/mol. The van der Waals surface area contributed by atoms with Crippen LogP contribution in [0.15, 0.2) is 29.6 Å². The molecule has 0 saturated heterocycles. The number of anilines is 2. The van der Waals surface area contributed by atoms with Crippen LogP contribution in [0, 0.1) is 0 Å². The van der Waals surface area contributed by atoms with E-state index in [9.17, 15) is 9.59 Å². The molecule has 8 nitrogen and oxygen atoms in total. The minimum absolute atomic E-state index is 0. The Kier molecular flexibility index (Phi) is 7.43. The van der Waals surface area contributed by atoms with Crippen molar-refractivity contribution in [1.82, 2.24) is 0 Å². The molecule has 1 aliphatic rings. The second-order valence-corrected chi connectivity index (χ2v) is 6.47. The van der Waals surface area contributed by atoms with Crippen LogP contribution in [0.2, 0.25) is 0 Å². The van der Waals surface area contributed by atoms with Crippen LogP contribution in [0.1, 0.15) is 9.67 Å². The summed E-state index contributed by atoms with van der Waals surface area (Å²) in [6.45, 7) is 0.896. The molecule has 10 heteroatoms. The number of benzene rings is 1. The molecule has 1 atom stereocenters. The van der Waals surface area contributed by atoms with Crippen molar-refractivity contribution >= 4 is 46.9 Å². The molecule has 3 rings (SSSR count). The highest BCUT2D eigenvalue weighted by Gasteiger charge is 2.21. The van der Waals surface area contributed by atoms with Crippen molar-refractivity contribution in [2.24, 2.45) is 5.73 Å². The first kappa shape index (κ1) is 21.0. The van der Waals surface area contributed by atoms with Crippen molar-refractivity contribution in [2.75, 3.05) is 37.6 Å². The number of halogens is 1. The number of carbonyl (C=O) groups excluding carboxylic acids is 2. The summed E-state index contributed by atoms with van der Waals surface area (Å²) in [4.78, 5) is 25.2. The molecule has 27 heavy (non-hydrogen) atoms. The molecule has 0 aliphatic carbocycles. The van der Waals surface area contributed by atoms with Crippen LogP contribution in [0.25, 0.3) is 0 Å². The van der Waals surface area contributed by atoms with Crippen LogP contribution in [0.4, 0.5) is 11.4 Å². The first-order chi connectivity index (χ1) is 12.6. The lowest BCUT2D eigenvalue weighted by Crippen LogP contribution is -2.39. The van der Waals surface area contributed by atoms with Gasteiger partial charge in [0.25, 0.3) is 5.91 Å². The summed E-state index contributed by atoms with van der Waals surface area (Å²) in [5.74, 6) is 0.265. The first-order valence-electron chi connectivity index (χ1n) is 7.92. The lowest BCUT2D eigenvalue weighted by atomic mass is 10.2. The van der Waals surface area contributed by atoms with Crippen molar-refractivity contribution in [3.05, 3.63) is 34.5 Å². The van der Waals surface area contributed by atoms with E-state index < -0.39 is 11.9 Å². The van der Waals surface area contributed by atoms with E-state index in [1.165, 1.54) is 18.4 Å². The quantitative estimate of drug-likeness (QED) is 0.668. The van der Waals surface area contributed by atoms with Gasteiger partial charge in [-0.1, -0.05) is 6.07 Å². The van der Waals surface area contributed by atoms with Gasteiger partial charge in [0.1, 0.15) is 19.3 Å². The standard InChI is InChI=1S/C17H19N3O5S.ClH/c1-23-9-10(18)16(21)19-11-7-13-14(25-5-4-24-13)8-12(11)20-17(22)15-3-2-6-26-15;/h2-3,6-8,10H,4-5,9,18H2,1H3,(H,19,21)(H,20,22);1H. The number of fused-ring (bicyclic) bond motifs is 1. The number of carbonyl (C=O) groups is 2. The topological polar surface area (TPSA) is 112 Å². The fraction of sp³-hybridized carbons (Fsp3) is 0.294. The van der Waals surface area contributed by atoms with Gasteiger partial charge in [-0.05, 0) is 11.4 Å². The van der Waals surface area contributed by atoms with E-state index in [-0.39, 0.29) is 24.9 Å². The van der Waals surface area contributed by atoms with Crippen molar-refractivity contribution < 1.29 is 23.8 Å². The fourth-order valence-corrected chi connectivity index (χ4v) is 2.99. The molecule has 1 unspecified atom stereocenters. The molecule has 2 amide bonds. The van der Waals surface area contributed by atoms with Gasteiger partial charge in [0, 0.05) is 19.2 Å². The molecule has 1 aromatic heterocycles. The van der Waals surface area contributed by atoms with Gasteiger partial charge in [-0.25, -0.2) is 0 Å². The van der Waals surface area contributed by atoms with Gasteiger partial charge in [0.2, 0.25) is 5.91 Å². The Morgan fingerprint density at radius 1 is 1.22 bits per heavy atom. The van der Waals surface area contributed by atoms with Gasteiger partial charge in [0.15, 0.2) is 11.5 Å². The van der Waals surface area contributed by atoms with E-state index >= 15 is 0 Å².